The molecule has 2 aromatic carbocycles. The summed E-state index contributed by atoms with van der Waals surface area (Å²) in [5, 5.41) is 0. The lowest BCUT2D eigenvalue weighted by Crippen LogP contribution is -2.35. The number of ether oxygens (including phenoxy) is 2. The van der Waals surface area contributed by atoms with Crippen molar-refractivity contribution in [3.63, 3.8) is 0 Å². The summed E-state index contributed by atoms with van der Waals surface area (Å²) < 4.78 is 11.3. The third-order valence-electron chi connectivity index (χ3n) is 5.63. The van der Waals surface area contributed by atoms with E-state index in [2.05, 4.69) is 0 Å². The minimum atomic E-state index is -0.312. The molecule has 26 heavy (non-hydrogen) atoms. The monoisotopic (exact) mass is 344 g/mol. The second-order valence-electron chi connectivity index (χ2n) is 6.68. The van der Waals surface area contributed by atoms with Crippen molar-refractivity contribution in [3.05, 3.63) is 82.0 Å². The number of hydrogen-bond donors (Lipinski definition) is 0. The van der Waals surface area contributed by atoms with Crippen LogP contribution in [0.3, 0.4) is 0 Å². The van der Waals surface area contributed by atoms with Gasteiger partial charge in [0.15, 0.2) is 11.6 Å². The molecule has 0 fully saturated rings. The highest BCUT2D eigenvalue weighted by molar-refractivity contribution is 6.23. The van der Waals surface area contributed by atoms with Crippen LogP contribution in [0.2, 0.25) is 0 Å². The summed E-state index contributed by atoms with van der Waals surface area (Å²) in [6, 6.07) is 11.7. The number of carbonyl (C=O) groups excluding carboxylic acids is 2. The van der Waals surface area contributed by atoms with Crippen molar-refractivity contribution in [2.24, 2.45) is 0 Å². The lowest BCUT2D eigenvalue weighted by atomic mass is 9.58. The highest BCUT2D eigenvalue weighted by atomic mass is 16.5. The van der Waals surface area contributed by atoms with E-state index >= 15 is 0 Å². The van der Waals surface area contributed by atoms with Gasteiger partial charge in [0.1, 0.15) is 11.5 Å². The molecule has 2 atom stereocenters. The van der Waals surface area contributed by atoms with E-state index in [4.69, 9.17) is 9.47 Å². The third kappa shape index (κ3) is 1.69. The third-order valence-corrected chi connectivity index (χ3v) is 5.63. The Balaban J connectivity index is 1.93. The van der Waals surface area contributed by atoms with E-state index in [1.807, 2.05) is 36.4 Å². The first kappa shape index (κ1) is 15.1. The second kappa shape index (κ2) is 5.18. The first-order valence-electron chi connectivity index (χ1n) is 8.51. The van der Waals surface area contributed by atoms with Gasteiger partial charge in [-0.05, 0) is 35.4 Å². The molecule has 6 rings (SSSR count). The van der Waals surface area contributed by atoms with Gasteiger partial charge in [0, 0.05) is 34.1 Å². The summed E-state index contributed by atoms with van der Waals surface area (Å²) in [6.45, 7) is 0. The topological polar surface area (TPSA) is 52.6 Å². The zero-order valence-corrected chi connectivity index (χ0v) is 14.4. The van der Waals surface area contributed by atoms with Gasteiger partial charge in [-0.15, -0.1) is 0 Å². The standard InChI is InChI=1S/C22H16O4/c1-25-15-9-10-16(26-2)22-18-12-6-4-3-5-11(12)17(21(15)22)19-13(23)7-8-14(24)20(18)19/h3-10,17-18H,1-2H3. The summed E-state index contributed by atoms with van der Waals surface area (Å²) in [5.74, 6) is 0.609. The normalized spacial score (nSPS) is 22.1. The molecule has 0 heterocycles. The van der Waals surface area contributed by atoms with E-state index < -0.39 is 0 Å². The first-order chi connectivity index (χ1) is 12.7. The van der Waals surface area contributed by atoms with Crippen molar-refractivity contribution >= 4 is 11.6 Å². The van der Waals surface area contributed by atoms with Crippen LogP contribution < -0.4 is 9.47 Å². The van der Waals surface area contributed by atoms with E-state index in [0.29, 0.717) is 22.6 Å². The van der Waals surface area contributed by atoms with Gasteiger partial charge in [-0.2, -0.15) is 0 Å². The molecular weight excluding hydrogens is 328 g/mol. The summed E-state index contributed by atoms with van der Waals surface area (Å²) in [6.07, 6.45) is 2.77. The van der Waals surface area contributed by atoms with E-state index in [-0.39, 0.29) is 23.4 Å². The average molecular weight is 344 g/mol. The summed E-state index contributed by atoms with van der Waals surface area (Å²) in [5.41, 5.74) is 5.16. The Kier molecular flexibility index (Phi) is 3.02. The van der Waals surface area contributed by atoms with Crippen LogP contribution in [-0.4, -0.2) is 25.8 Å². The van der Waals surface area contributed by atoms with Crippen molar-refractivity contribution in [2.45, 2.75) is 11.8 Å². The van der Waals surface area contributed by atoms with Gasteiger partial charge in [-0.25, -0.2) is 0 Å². The van der Waals surface area contributed by atoms with Crippen LogP contribution in [0.5, 0.6) is 11.5 Å². The smallest absolute Gasteiger partial charge is 0.183 e. The Morgan fingerprint density at radius 3 is 1.50 bits per heavy atom. The fraction of sp³-hybridized carbons (Fsp3) is 0.182. The zero-order valence-electron chi connectivity index (χ0n) is 14.4. The van der Waals surface area contributed by atoms with Gasteiger partial charge < -0.3 is 9.47 Å². The highest BCUT2D eigenvalue weighted by Crippen LogP contribution is 2.60. The molecular formula is C22H16O4. The Bertz CT molecular complexity index is 976. The number of rotatable bonds is 2. The van der Waals surface area contributed by atoms with Crippen LogP contribution in [0.15, 0.2) is 59.7 Å². The molecule has 0 spiro atoms. The van der Waals surface area contributed by atoms with Crippen LogP contribution in [-0.2, 0) is 9.59 Å². The molecule has 128 valence electrons. The van der Waals surface area contributed by atoms with Gasteiger partial charge in [0.25, 0.3) is 0 Å². The van der Waals surface area contributed by atoms with Crippen LogP contribution in [0, 0.1) is 0 Å². The minimum Gasteiger partial charge on any atom is -0.496 e. The van der Waals surface area contributed by atoms with Gasteiger partial charge in [0.05, 0.1) is 14.2 Å². The Morgan fingerprint density at radius 1 is 0.692 bits per heavy atom. The number of allylic oxidation sites excluding steroid dienone is 4. The summed E-state index contributed by atoms with van der Waals surface area (Å²) in [4.78, 5) is 25.5. The predicted octanol–water partition coefficient (Wildman–Crippen LogP) is 3.30. The van der Waals surface area contributed by atoms with Crippen molar-refractivity contribution < 1.29 is 19.1 Å². The molecule has 0 aromatic heterocycles. The predicted molar refractivity (Wildman–Crippen MR) is 95.9 cm³/mol. The second-order valence-corrected chi connectivity index (χ2v) is 6.68. The molecule has 0 saturated carbocycles. The number of hydrogen-bond acceptors (Lipinski definition) is 4. The Morgan fingerprint density at radius 2 is 1.12 bits per heavy atom. The number of carbonyl (C=O) groups is 2. The molecule has 0 aliphatic heterocycles. The molecule has 2 aromatic rings. The van der Waals surface area contributed by atoms with Crippen LogP contribution in [0.1, 0.15) is 34.1 Å². The van der Waals surface area contributed by atoms with E-state index in [9.17, 15) is 9.59 Å². The SMILES string of the molecule is COc1ccc(OC)c2c1C1C3=C(C(=O)C=CC3=O)C2c2ccccc21. The molecule has 0 amide bonds. The fourth-order valence-corrected chi connectivity index (χ4v) is 4.69. The Labute approximate surface area is 150 Å². The maximum absolute atomic E-state index is 12.8. The maximum atomic E-state index is 12.8. The zero-order chi connectivity index (χ0) is 18.0. The number of methoxy groups -OCH3 is 2. The van der Waals surface area contributed by atoms with E-state index in [1.165, 1.54) is 12.2 Å². The minimum absolute atomic E-state index is 0.0976. The molecule has 0 N–H and O–H groups in total. The van der Waals surface area contributed by atoms with Gasteiger partial charge >= 0.3 is 0 Å². The van der Waals surface area contributed by atoms with Crippen LogP contribution in [0.4, 0.5) is 0 Å². The van der Waals surface area contributed by atoms with Crippen LogP contribution in [0.25, 0.3) is 0 Å². The lowest BCUT2D eigenvalue weighted by molar-refractivity contribution is -0.115. The average Bonchev–Trinajstić information content (AvgIpc) is 2.69. The lowest BCUT2D eigenvalue weighted by Gasteiger charge is -2.44. The quantitative estimate of drug-likeness (QED) is 0.785. The molecule has 0 radical (unpaired) electrons. The van der Waals surface area contributed by atoms with Gasteiger partial charge in [-0.1, -0.05) is 24.3 Å². The molecule has 0 saturated heterocycles. The fourth-order valence-electron chi connectivity index (χ4n) is 4.69. The largest absolute Gasteiger partial charge is 0.496 e. The molecule has 2 unspecified atom stereocenters. The molecule has 4 nitrogen and oxygen atoms in total. The van der Waals surface area contributed by atoms with E-state index in [0.717, 1.165) is 22.3 Å². The molecule has 4 aliphatic rings. The van der Waals surface area contributed by atoms with E-state index in [1.54, 1.807) is 14.2 Å². The Hall–Kier alpha value is -3.14. The maximum Gasteiger partial charge on any atom is 0.183 e. The molecule has 4 heteroatoms. The number of benzene rings is 2. The van der Waals surface area contributed by atoms with Crippen molar-refractivity contribution in [2.75, 3.05) is 14.2 Å². The molecule has 4 aliphatic carbocycles. The highest BCUT2D eigenvalue weighted by Gasteiger charge is 2.49. The number of ketones is 2. The van der Waals surface area contributed by atoms with Crippen molar-refractivity contribution in [1.82, 2.24) is 0 Å². The van der Waals surface area contributed by atoms with Crippen LogP contribution >= 0.6 is 0 Å². The van der Waals surface area contributed by atoms with Gasteiger partial charge in [0.2, 0.25) is 0 Å². The summed E-state index contributed by atoms with van der Waals surface area (Å²) >= 11 is 0. The first-order valence-corrected chi connectivity index (χ1v) is 8.51. The summed E-state index contributed by atoms with van der Waals surface area (Å²) in [7, 11) is 3.25. The van der Waals surface area contributed by atoms with Gasteiger partial charge in [-0.3, -0.25) is 9.59 Å². The van der Waals surface area contributed by atoms with Crippen molar-refractivity contribution in [1.29, 1.82) is 0 Å². The molecule has 2 bridgehead atoms. The van der Waals surface area contributed by atoms with Crippen molar-refractivity contribution in [3.8, 4) is 11.5 Å².